The van der Waals surface area contributed by atoms with Crippen LogP contribution in [0.2, 0.25) is 0 Å². The van der Waals surface area contributed by atoms with Crippen LogP contribution >= 0.6 is 15.9 Å². The van der Waals surface area contributed by atoms with Gasteiger partial charge in [-0.2, -0.15) is 0 Å². The van der Waals surface area contributed by atoms with E-state index in [1.807, 2.05) is 6.20 Å². The molecule has 4 heteroatoms. The number of hydrogen-bond acceptors (Lipinski definition) is 3. The van der Waals surface area contributed by atoms with Crippen LogP contribution in [-0.2, 0) is 4.74 Å². The van der Waals surface area contributed by atoms with E-state index in [2.05, 4.69) is 46.1 Å². The number of pyridine rings is 1. The minimum atomic E-state index is 0.422. The molecule has 2 heterocycles. The van der Waals surface area contributed by atoms with Crippen LogP contribution in [0, 0.1) is 6.92 Å². The Labute approximate surface area is 117 Å². The third kappa shape index (κ3) is 3.69. The fourth-order valence-corrected chi connectivity index (χ4v) is 2.62. The summed E-state index contributed by atoms with van der Waals surface area (Å²) in [5.74, 6) is 0. The van der Waals surface area contributed by atoms with Crippen molar-refractivity contribution < 1.29 is 4.74 Å². The number of nitrogens with zero attached hydrogens (tertiary/aromatic N) is 1. The third-order valence-corrected chi connectivity index (χ3v) is 4.19. The van der Waals surface area contributed by atoms with Crippen molar-refractivity contribution in [3.63, 3.8) is 0 Å². The molecule has 0 spiro atoms. The number of halogens is 1. The number of rotatable bonds is 4. The smallest absolute Gasteiger partial charge is 0.109 e. The summed E-state index contributed by atoms with van der Waals surface area (Å²) in [6.45, 7) is 5.14. The second-order valence-corrected chi connectivity index (χ2v) is 5.73. The van der Waals surface area contributed by atoms with E-state index in [1.165, 1.54) is 6.42 Å². The van der Waals surface area contributed by atoms with Gasteiger partial charge in [0.15, 0.2) is 0 Å². The van der Waals surface area contributed by atoms with Gasteiger partial charge in [-0.1, -0.05) is 13.3 Å². The molecular formula is C14H21BrN2O. The first-order valence-corrected chi connectivity index (χ1v) is 7.48. The molecule has 1 aromatic rings. The Balaban J connectivity index is 1.93. The van der Waals surface area contributed by atoms with Crippen molar-refractivity contribution in [3.8, 4) is 0 Å². The van der Waals surface area contributed by atoms with E-state index < -0.39 is 0 Å². The lowest BCUT2D eigenvalue weighted by Gasteiger charge is -2.30. The van der Waals surface area contributed by atoms with E-state index >= 15 is 0 Å². The molecule has 0 aromatic carbocycles. The molecule has 18 heavy (non-hydrogen) atoms. The Morgan fingerprint density at radius 2 is 2.39 bits per heavy atom. The zero-order valence-corrected chi connectivity index (χ0v) is 12.7. The minimum absolute atomic E-state index is 0.422. The summed E-state index contributed by atoms with van der Waals surface area (Å²) in [6.07, 6.45) is 6.84. The van der Waals surface area contributed by atoms with Crippen LogP contribution in [0.3, 0.4) is 0 Å². The first kappa shape index (κ1) is 13.8. The van der Waals surface area contributed by atoms with Gasteiger partial charge in [-0.15, -0.1) is 0 Å². The fraction of sp³-hybridized carbons (Fsp3) is 0.643. The van der Waals surface area contributed by atoms with Crippen LogP contribution < -0.4 is 5.32 Å². The molecule has 0 aliphatic carbocycles. The van der Waals surface area contributed by atoms with E-state index in [0.717, 1.165) is 41.7 Å². The SMILES string of the molecule is CCCC1CC(Nc2cnc(Br)c(C)c2)CCO1. The van der Waals surface area contributed by atoms with E-state index in [9.17, 15) is 0 Å². The minimum Gasteiger partial charge on any atom is -0.381 e. The highest BCUT2D eigenvalue weighted by Crippen LogP contribution is 2.23. The van der Waals surface area contributed by atoms with Gasteiger partial charge in [-0.3, -0.25) is 0 Å². The molecule has 1 N–H and O–H groups in total. The lowest BCUT2D eigenvalue weighted by molar-refractivity contribution is 0.00597. The van der Waals surface area contributed by atoms with Crippen LogP contribution in [0.1, 0.15) is 38.2 Å². The van der Waals surface area contributed by atoms with E-state index in [4.69, 9.17) is 4.74 Å². The number of hydrogen-bond donors (Lipinski definition) is 1. The predicted molar refractivity (Wildman–Crippen MR) is 78.0 cm³/mol. The summed E-state index contributed by atoms with van der Waals surface area (Å²) in [5, 5.41) is 3.57. The number of nitrogens with one attached hydrogen (secondary N) is 1. The van der Waals surface area contributed by atoms with Gasteiger partial charge in [0.25, 0.3) is 0 Å². The Morgan fingerprint density at radius 1 is 1.56 bits per heavy atom. The summed E-state index contributed by atoms with van der Waals surface area (Å²) >= 11 is 3.43. The van der Waals surface area contributed by atoms with Gasteiger partial charge >= 0.3 is 0 Å². The summed E-state index contributed by atoms with van der Waals surface area (Å²) in [6, 6.07) is 2.65. The Morgan fingerprint density at radius 3 is 3.11 bits per heavy atom. The molecule has 1 aliphatic rings. The summed E-state index contributed by atoms with van der Waals surface area (Å²) in [4.78, 5) is 4.32. The molecule has 1 fully saturated rings. The quantitative estimate of drug-likeness (QED) is 0.856. The summed E-state index contributed by atoms with van der Waals surface area (Å²) in [5.41, 5.74) is 2.27. The Kier molecular flexibility index (Phi) is 5.01. The lowest BCUT2D eigenvalue weighted by atomic mass is 10.00. The first-order valence-electron chi connectivity index (χ1n) is 6.69. The summed E-state index contributed by atoms with van der Waals surface area (Å²) < 4.78 is 6.69. The topological polar surface area (TPSA) is 34.2 Å². The number of aryl methyl sites for hydroxylation is 1. The number of ether oxygens (including phenoxy) is 1. The molecule has 100 valence electrons. The molecule has 1 aliphatic heterocycles. The lowest BCUT2D eigenvalue weighted by Crippen LogP contribution is -2.34. The maximum atomic E-state index is 5.77. The van der Waals surface area contributed by atoms with Gasteiger partial charge in [-0.05, 0) is 53.7 Å². The van der Waals surface area contributed by atoms with Crippen molar-refractivity contribution >= 4 is 21.6 Å². The summed E-state index contributed by atoms with van der Waals surface area (Å²) in [7, 11) is 0. The molecule has 0 amide bonds. The predicted octanol–water partition coefficient (Wildman–Crippen LogP) is 3.91. The van der Waals surface area contributed by atoms with Gasteiger partial charge < -0.3 is 10.1 Å². The van der Waals surface area contributed by atoms with Crippen molar-refractivity contribution in [2.45, 2.75) is 51.7 Å². The van der Waals surface area contributed by atoms with Crippen molar-refractivity contribution in [1.82, 2.24) is 4.98 Å². The van der Waals surface area contributed by atoms with Gasteiger partial charge in [0, 0.05) is 12.6 Å². The van der Waals surface area contributed by atoms with Gasteiger partial charge in [0.2, 0.25) is 0 Å². The number of anilines is 1. The number of aromatic nitrogens is 1. The Hall–Kier alpha value is -0.610. The first-order chi connectivity index (χ1) is 8.69. The maximum Gasteiger partial charge on any atom is 0.109 e. The van der Waals surface area contributed by atoms with Gasteiger partial charge in [-0.25, -0.2) is 4.98 Å². The van der Waals surface area contributed by atoms with Crippen LogP contribution in [0.25, 0.3) is 0 Å². The highest BCUT2D eigenvalue weighted by molar-refractivity contribution is 9.10. The molecule has 2 atom stereocenters. The van der Waals surface area contributed by atoms with Crippen LogP contribution in [0.15, 0.2) is 16.9 Å². The molecule has 0 radical (unpaired) electrons. The molecule has 0 bridgehead atoms. The second kappa shape index (κ2) is 6.53. The average molecular weight is 313 g/mol. The van der Waals surface area contributed by atoms with Crippen LogP contribution in [0.4, 0.5) is 5.69 Å². The highest BCUT2D eigenvalue weighted by Gasteiger charge is 2.21. The zero-order chi connectivity index (χ0) is 13.0. The van der Waals surface area contributed by atoms with Crippen LogP contribution in [-0.4, -0.2) is 23.7 Å². The zero-order valence-electron chi connectivity index (χ0n) is 11.1. The van der Waals surface area contributed by atoms with Gasteiger partial charge in [0.05, 0.1) is 18.0 Å². The molecule has 0 saturated carbocycles. The highest BCUT2D eigenvalue weighted by atomic mass is 79.9. The van der Waals surface area contributed by atoms with Gasteiger partial charge in [0.1, 0.15) is 4.60 Å². The van der Waals surface area contributed by atoms with E-state index in [1.54, 1.807) is 0 Å². The molecule has 1 aromatic heterocycles. The Bertz CT molecular complexity index is 395. The fourth-order valence-electron chi connectivity index (χ4n) is 2.41. The van der Waals surface area contributed by atoms with Crippen molar-refractivity contribution in [1.29, 1.82) is 0 Å². The molecule has 1 saturated heterocycles. The maximum absolute atomic E-state index is 5.77. The van der Waals surface area contributed by atoms with Crippen molar-refractivity contribution in [2.75, 3.05) is 11.9 Å². The van der Waals surface area contributed by atoms with Crippen molar-refractivity contribution in [3.05, 3.63) is 22.4 Å². The third-order valence-electron chi connectivity index (χ3n) is 3.36. The molecule has 2 unspecified atom stereocenters. The van der Waals surface area contributed by atoms with Crippen molar-refractivity contribution in [2.24, 2.45) is 0 Å². The molecule has 2 rings (SSSR count). The van der Waals surface area contributed by atoms with E-state index in [-0.39, 0.29) is 0 Å². The van der Waals surface area contributed by atoms with Crippen LogP contribution in [0.5, 0.6) is 0 Å². The standard InChI is InChI=1S/C14H21BrN2O/c1-3-4-13-8-11(5-6-18-13)17-12-7-10(2)14(15)16-9-12/h7,9,11,13,17H,3-6,8H2,1-2H3. The molecular weight excluding hydrogens is 292 g/mol. The normalized spacial score (nSPS) is 23.9. The largest absolute Gasteiger partial charge is 0.381 e. The average Bonchev–Trinajstić information content (AvgIpc) is 2.35. The molecule has 3 nitrogen and oxygen atoms in total. The monoisotopic (exact) mass is 312 g/mol. The van der Waals surface area contributed by atoms with E-state index in [0.29, 0.717) is 12.1 Å². The second-order valence-electron chi connectivity index (χ2n) is 4.98.